The molecule has 0 heterocycles. The maximum Gasteiger partial charge on any atom is 0.229 e. The van der Waals surface area contributed by atoms with Crippen molar-refractivity contribution in [3.05, 3.63) is 0 Å². The lowest BCUT2D eigenvalue weighted by Crippen LogP contribution is -2.24. The second-order valence-corrected chi connectivity index (χ2v) is 2.85. The number of hydrogen-bond donors (Lipinski definition) is 1. The van der Waals surface area contributed by atoms with Crippen molar-refractivity contribution < 1.29 is 4.79 Å². The topological polar surface area (TPSA) is 29.1 Å². The van der Waals surface area contributed by atoms with Gasteiger partial charge in [-0.15, -0.1) is 0 Å². The molecule has 4 heteroatoms. The van der Waals surface area contributed by atoms with Crippen LogP contribution in [0.1, 0.15) is 6.42 Å². The number of hydrogen-bond acceptors (Lipinski definition) is 1. The zero-order valence-electron chi connectivity index (χ0n) is 5.11. The summed E-state index contributed by atoms with van der Waals surface area (Å²) in [7, 11) is 3.31. The molecule has 1 N–H and O–H groups in total. The van der Waals surface area contributed by atoms with E-state index in [1.807, 2.05) is 22.6 Å². The third-order valence-corrected chi connectivity index (χ3v) is 1.84. The van der Waals surface area contributed by atoms with Crippen LogP contribution < -0.4 is 5.32 Å². The van der Waals surface area contributed by atoms with E-state index in [1.165, 1.54) is 0 Å². The molecule has 0 aliphatic carbocycles. The van der Waals surface area contributed by atoms with E-state index >= 15 is 0 Å². The summed E-state index contributed by atoms with van der Waals surface area (Å²) in [4.78, 5) is 10.6. The molecule has 2 nitrogen and oxygen atoms in total. The van der Waals surface area contributed by atoms with E-state index in [1.54, 1.807) is 0 Å². The first-order chi connectivity index (χ1) is 4.31. The monoisotopic (exact) mass is 254 g/mol. The Morgan fingerprint density at radius 2 is 2.33 bits per heavy atom. The lowest BCUT2D eigenvalue weighted by atomic mass is 10.5. The van der Waals surface area contributed by atoms with Crippen molar-refractivity contribution in [2.45, 2.75) is 12.5 Å². The summed E-state index contributed by atoms with van der Waals surface area (Å²) in [5.74, 6) is 0.121. The fraction of sp³-hybridized carbons (Fsp3) is 0.800. The summed E-state index contributed by atoms with van der Waals surface area (Å²) in [5, 5.41) is 2.76. The zero-order chi connectivity index (χ0) is 7.11. The Balaban J connectivity index is 2.97. The smallest absolute Gasteiger partial charge is 0.229 e. The molecule has 0 aromatic rings. The van der Waals surface area contributed by atoms with Crippen molar-refractivity contribution in [3.8, 4) is 0 Å². The summed E-state index contributed by atoms with van der Waals surface area (Å²) >= 11 is 2.04. The summed E-state index contributed by atoms with van der Waals surface area (Å²) in [6, 6.07) is 0.946. The van der Waals surface area contributed by atoms with Crippen LogP contribution in [0.5, 0.6) is 0 Å². The van der Waals surface area contributed by atoms with Gasteiger partial charge >= 0.3 is 0 Å². The number of carbonyl (C=O) groups excluding carboxylic acids is 1. The third kappa shape index (κ3) is 6.30. The van der Waals surface area contributed by atoms with Gasteiger partial charge in [0.15, 0.2) is 0 Å². The highest BCUT2D eigenvalue weighted by Crippen LogP contribution is 1.83. The SMILES string of the molecule is O=C(CI)NCCC[Si]. The molecule has 0 atom stereocenters. The summed E-state index contributed by atoms with van der Waals surface area (Å²) in [6.07, 6.45) is 0.999. The summed E-state index contributed by atoms with van der Waals surface area (Å²) in [6.45, 7) is 0.783. The highest BCUT2D eigenvalue weighted by Gasteiger charge is 1.93. The van der Waals surface area contributed by atoms with Crippen molar-refractivity contribution in [2.24, 2.45) is 0 Å². The van der Waals surface area contributed by atoms with Crippen LogP contribution in [-0.2, 0) is 4.79 Å². The van der Waals surface area contributed by atoms with Gasteiger partial charge in [0.1, 0.15) is 0 Å². The van der Waals surface area contributed by atoms with E-state index in [0.29, 0.717) is 4.43 Å². The van der Waals surface area contributed by atoms with Gasteiger partial charge < -0.3 is 5.32 Å². The number of nitrogens with one attached hydrogen (secondary N) is 1. The van der Waals surface area contributed by atoms with E-state index < -0.39 is 0 Å². The van der Waals surface area contributed by atoms with Crippen LogP contribution in [0.4, 0.5) is 0 Å². The van der Waals surface area contributed by atoms with Crippen LogP contribution in [0.3, 0.4) is 0 Å². The van der Waals surface area contributed by atoms with Crippen molar-refractivity contribution in [2.75, 3.05) is 11.0 Å². The Hall–Kier alpha value is 0.417. The average molecular weight is 254 g/mol. The largest absolute Gasteiger partial charge is 0.355 e. The van der Waals surface area contributed by atoms with Crippen molar-refractivity contribution >= 4 is 38.7 Å². The predicted molar refractivity (Wildman–Crippen MR) is 47.1 cm³/mol. The van der Waals surface area contributed by atoms with Crippen molar-refractivity contribution in [3.63, 3.8) is 0 Å². The van der Waals surface area contributed by atoms with Gasteiger partial charge in [-0.2, -0.15) is 0 Å². The minimum Gasteiger partial charge on any atom is -0.355 e. The molecular weight excluding hydrogens is 245 g/mol. The highest BCUT2D eigenvalue weighted by atomic mass is 127. The molecule has 51 valence electrons. The molecule has 0 bridgehead atoms. The maximum atomic E-state index is 10.6. The molecule has 0 rings (SSSR count). The van der Waals surface area contributed by atoms with Crippen molar-refractivity contribution in [1.29, 1.82) is 0 Å². The van der Waals surface area contributed by atoms with E-state index in [2.05, 4.69) is 15.6 Å². The fourth-order valence-corrected chi connectivity index (χ4v) is 0.810. The van der Waals surface area contributed by atoms with E-state index in [9.17, 15) is 4.79 Å². The normalized spacial score (nSPS) is 9.11. The maximum absolute atomic E-state index is 10.6. The number of amides is 1. The van der Waals surface area contributed by atoms with Gasteiger partial charge in [0.25, 0.3) is 0 Å². The number of alkyl halides is 1. The van der Waals surface area contributed by atoms with Crippen LogP contribution >= 0.6 is 22.6 Å². The van der Waals surface area contributed by atoms with Crippen LogP contribution in [0.2, 0.25) is 6.04 Å². The molecule has 3 radical (unpaired) electrons. The minimum absolute atomic E-state index is 0.121. The van der Waals surface area contributed by atoms with Gasteiger partial charge in [0.2, 0.25) is 5.91 Å². The Bertz CT molecular complexity index is 89.0. The Kier molecular flexibility index (Phi) is 6.84. The molecule has 0 fully saturated rings. The molecule has 0 aliphatic rings. The first-order valence-corrected chi connectivity index (χ1v) is 5.01. The van der Waals surface area contributed by atoms with E-state index in [0.717, 1.165) is 19.0 Å². The van der Waals surface area contributed by atoms with Gasteiger partial charge in [-0.3, -0.25) is 4.79 Å². The molecule has 0 aromatic heterocycles. The second kappa shape index (κ2) is 6.54. The van der Waals surface area contributed by atoms with Gasteiger partial charge in [-0.25, -0.2) is 0 Å². The number of rotatable bonds is 4. The fourth-order valence-electron chi connectivity index (χ4n) is 0.363. The second-order valence-electron chi connectivity index (χ2n) is 1.59. The van der Waals surface area contributed by atoms with Crippen molar-refractivity contribution in [1.82, 2.24) is 5.32 Å². The van der Waals surface area contributed by atoms with Crippen LogP contribution in [-0.4, -0.2) is 27.1 Å². The molecule has 0 spiro atoms. The molecule has 0 aromatic carbocycles. The number of carbonyl (C=O) groups is 1. The third-order valence-electron chi connectivity index (χ3n) is 0.797. The van der Waals surface area contributed by atoms with Crippen LogP contribution in [0, 0.1) is 0 Å². The lowest BCUT2D eigenvalue weighted by Gasteiger charge is -1.98. The molecule has 9 heavy (non-hydrogen) atoms. The summed E-state index contributed by atoms with van der Waals surface area (Å²) in [5.41, 5.74) is 0. The molecular formula is C5H9INOSi. The zero-order valence-corrected chi connectivity index (χ0v) is 8.27. The van der Waals surface area contributed by atoms with Gasteiger partial charge in [0.05, 0.1) is 4.43 Å². The molecule has 1 amide bonds. The van der Waals surface area contributed by atoms with Crippen LogP contribution in [0.25, 0.3) is 0 Å². The Morgan fingerprint density at radius 1 is 1.67 bits per heavy atom. The van der Waals surface area contributed by atoms with Crippen LogP contribution in [0.15, 0.2) is 0 Å². The Morgan fingerprint density at radius 3 is 2.78 bits per heavy atom. The first-order valence-electron chi connectivity index (χ1n) is 2.78. The Labute approximate surface area is 72.3 Å². The highest BCUT2D eigenvalue weighted by molar-refractivity contribution is 14.1. The van der Waals surface area contributed by atoms with Gasteiger partial charge in [-0.1, -0.05) is 28.6 Å². The molecule has 0 unspecified atom stereocenters. The van der Waals surface area contributed by atoms with E-state index in [-0.39, 0.29) is 5.91 Å². The van der Waals surface area contributed by atoms with E-state index in [4.69, 9.17) is 0 Å². The molecule has 0 saturated carbocycles. The van der Waals surface area contributed by atoms with Gasteiger partial charge in [-0.05, 0) is 6.42 Å². The first kappa shape index (κ1) is 9.42. The average Bonchev–Trinajstić information content (AvgIpc) is 1.89. The molecule has 0 saturated heterocycles. The quantitative estimate of drug-likeness (QED) is 0.337. The lowest BCUT2D eigenvalue weighted by molar-refractivity contribution is -0.118. The number of halogens is 1. The predicted octanol–water partition coefficient (Wildman–Crippen LogP) is 0.514. The molecule has 0 aliphatic heterocycles. The summed E-state index contributed by atoms with van der Waals surface area (Å²) < 4.78 is 0.555. The standard InChI is InChI=1S/C5H9INOSi/c6-4-5(8)7-2-1-3-9/h1-4H2,(H,7,8). The minimum atomic E-state index is 0.121. The van der Waals surface area contributed by atoms with Gasteiger partial charge in [0, 0.05) is 16.8 Å².